The molecule has 1 aliphatic carbocycles. The molecule has 1 amide bonds. The summed E-state index contributed by atoms with van der Waals surface area (Å²) >= 11 is 0. The van der Waals surface area contributed by atoms with Crippen molar-refractivity contribution in [1.82, 2.24) is 15.2 Å². The van der Waals surface area contributed by atoms with Gasteiger partial charge in [0, 0.05) is 24.8 Å². The summed E-state index contributed by atoms with van der Waals surface area (Å²) < 4.78 is 14.6. The SMILES string of the molecule is NC(=O)c1nnc(Nc2ccc(N3CCCCC3)c(F)c2)nc1NC1CCC1. The van der Waals surface area contributed by atoms with Crippen LogP contribution in [0, 0.1) is 5.82 Å². The Kier molecular flexibility index (Phi) is 5.23. The summed E-state index contributed by atoms with van der Waals surface area (Å²) in [4.78, 5) is 18.0. The molecule has 1 aliphatic heterocycles. The van der Waals surface area contributed by atoms with Crippen LogP contribution in [0.1, 0.15) is 49.0 Å². The molecule has 1 aromatic carbocycles. The number of carbonyl (C=O) groups excluding carboxylic acids is 1. The van der Waals surface area contributed by atoms with Gasteiger partial charge in [-0.2, -0.15) is 4.98 Å². The van der Waals surface area contributed by atoms with Gasteiger partial charge in [0.2, 0.25) is 5.95 Å². The minimum absolute atomic E-state index is 0.00377. The van der Waals surface area contributed by atoms with Crippen LogP contribution in [0.2, 0.25) is 0 Å². The number of aromatic nitrogens is 3. The van der Waals surface area contributed by atoms with Gasteiger partial charge in [0.15, 0.2) is 11.5 Å². The Morgan fingerprint density at radius 2 is 1.93 bits per heavy atom. The third-order valence-electron chi connectivity index (χ3n) is 5.27. The number of amides is 1. The molecule has 0 unspecified atom stereocenters. The number of halogens is 1. The van der Waals surface area contributed by atoms with Crippen LogP contribution < -0.4 is 21.3 Å². The Hall–Kier alpha value is -2.97. The lowest BCUT2D eigenvalue weighted by molar-refractivity contribution is 0.0995. The monoisotopic (exact) mass is 385 g/mol. The van der Waals surface area contributed by atoms with Crippen molar-refractivity contribution in [2.45, 2.75) is 44.6 Å². The maximum Gasteiger partial charge on any atom is 0.273 e. The highest BCUT2D eigenvalue weighted by Gasteiger charge is 2.22. The predicted molar refractivity (Wildman–Crippen MR) is 105 cm³/mol. The Morgan fingerprint density at radius 3 is 2.57 bits per heavy atom. The van der Waals surface area contributed by atoms with Gasteiger partial charge >= 0.3 is 0 Å². The van der Waals surface area contributed by atoms with E-state index in [1.807, 2.05) is 0 Å². The molecule has 4 rings (SSSR count). The summed E-state index contributed by atoms with van der Waals surface area (Å²) in [6, 6.07) is 5.23. The first kappa shape index (κ1) is 18.4. The third-order valence-corrected chi connectivity index (χ3v) is 5.27. The van der Waals surface area contributed by atoms with E-state index in [2.05, 4.69) is 30.7 Å². The molecule has 4 N–H and O–H groups in total. The number of nitrogens with one attached hydrogen (secondary N) is 2. The maximum absolute atomic E-state index is 14.6. The van der Waals surface area contributed by atoms with Crippen molar-refractivity contribution in [2.24, 2.45) is 5.73 Å². The van der Waals surface area contributed by atoms with Crippen molar-refractivity contribution in [3.8, 4) is 0 Å². The van der Waals surface area contributed by atoms with Crippen molar-refractivity contribution in [2.75, 3.05) is 28.6 Å². The van der Waals surface area contributed by atoms with E-state index >= 15 is 0 Å². The average Bonchev–Trinajstić information content (AvgIpc) is 2.65. The molecule has 28 heavy (non-hydrogen) atoms. The number of piperidine rings is 1. The Balaban J connectivity index is 1.52. The predicted octanol–water partition coefficient (Wildman–Crippen LogP) is 2.81. The molecule has 2 aromatic rings. The molecule has 0 bridgehead atoms. The van der Waals surface area contributed by atoms with Crippen LogP contribution in [0.25, 0.3) is 0 Å². The zero-order valence-corrected chi connectivity index (χ0v) is 15.6. The summed E-state index contributed by atoms with van der Waals surface area (Å²) in [7, 11) is 0. The Labute approximate surface area is 162 Å². The van der Waals surface area contributed by atoms with Crippen molar-refractivity contribution in [1.29, 1.82) is 0 Å². The quantitative estimate of drug-likeness (QED) is 0.701. The first-order chi connectivity index (χ1) is 13.6. The van der Waals surface area contributed by atoms with Crippen LogP contribution in [0.4, 0.5) is 27.5 Å². The van der Waals surface area contributed by atoms with E-state index < -0.39 is 5.91 Å². The molecule has 8 nitrogen and oxygen atoms in total. The molecular formula is C19H24FN7O. The number of anilines is 4. The van der Waals surface area contributed by atoms with E-state index in [9.17, 15) is 9.18 Å². The number of hydrogen-bond acceptors (Lipinski definition) is 7. The van der Waals surface area contributed by atoms with Crippen LogP contribution >= 0.6 is 0 Å². The van der Waals surface area contributed by atoms with E-state index in [0.29, 0.717) is 17.2 Å². The molecule has 1 saturated carbocycles. The van der Waals surface area contributed by atoms with Crippen molar-refractivity contribution in [3.05, 3.63) is 29.7 Å². The number of hydrogen-bond donors (Lipinski definition) is 3. The zero-order chi connectivity index (χ0) is 19.5. The van der Waals surface area contributed by atoms with Crippen LogP contribution in [0.15, 0.2) is 18.2 Å². The molecule has 2 aliphatic rings. The average molecular weight is 385 g/mol. The van der Waals surface area contributed by atoms with Gasteiger partial charge in [-0.25, -0.2) is 4.39 Å². The van der Waals surface area contributed by atoms with Crippen molar-refractivity contribution < 1.29 is 9.18 Å². The standard InChI is InChI=1S/C19H24FN7O/c20-14-11-13(7-8-15(14)27-9-2-1-3-10-27)23-19-24-18(22-12-5-4-6-12)16(17(21)28)25-26-19/h7-8,11-12H,1-6,9-10H2,(H2,21,28)(H2,22,23,24,26). The third kappa shape index (κ3) is 3.97. The molecule has 1 aromatic heterocycles. The lowest BCUT2D eigenvalue weighted by atomic mass is 9.93. The molecule has 148 valence electrons. The summed E-state index contributed by atoms with van der Waals surface area (Å²) in [6.45, 7) is 1.75. The van der Waals surface area contributed by atoms with Crippen LogP contribution in [0.5, 0.6) is 0 Å². The van der Waals surface area contributed by atoms with Crippen molar-refractivity contribution in [3.63, 3.8) is 0 Å². The minimum atomic E-state index is -0.690. The number of rotatable bonds is 6. The lowest BCUT2D eigenvalue weighted by Crippen LogP contribution is -2.30. The summed E-state index contributed by atoms with van der Waals surface area (Å²) in [6.07, 6.45) is 6.52. The van der Waals surface area contributed by atoms with E-state index in [1.54, 1.807) is 12.1 Å². The van der Waals surface area contributed by atoms with Gasteiger partial charge < -0.3 is 21.3 Å². The first-order valence-electron chi connectivity index (χ1n) is 9.73. The fourth-order valence-electron chi connectivity index (χ4n) is 3.50. The fraction of sp³-hybridized carbons (Fsp3) is 0.474. The number of benzene rings is 1. The topological polar surface area (TPSA) is 109 Å². The van der Waals surface area contributed by atoms with E-state index in [0.717, 1.165) is 45.2 Å². The normalized spacial score (nSPS) is 17.1. The Bertz CT molecular complexity index is 865. The van der Waals surface area contributed by atoms with Gasteiger partial charge in [-0.15, -0.1) is 10.2 Å². The minimum Gasteiger partial charge on any atom is -0.369 e. The van der Waals surface area contributed by atoms with Crippen LogP contribution in [0.3, 0.4) is 0 Å². The summed E-state index contributed by atoms with van der Waals surface area (Å²) in [5, 5.41) is 13.9. The largest absolute Gasteiger partial charge is 0.369 e. The smallest absolute Gasteiger partial charge is 0.273 e. The van der Waals surface area contributed by atoms with Crippen LogP contribution in [-0.4, -0.2) is 40.2 Å². The highest BCUT2D eigenvalue weighted by atomic mass is 19.1. The summed E-state index contributed by atoms with van der Waals surface area (Å²) in [5.41, 5.74) is 6.49. The fourth-order valence-corrected chi connectivity index (χ4v) is 3.50. The zero-order valence-electron chi connectivity index (χ0n) is 15.6. The van der Waals surface area contributed by atoms with E-state index in [1.165, 1.54) is 12.5 Å². The molecule has 2 heterocycles. The molecule has 0 atom stereocenters. The van der Waals surface area contributed by atoms with Gasteiger partial charge in [0.25, 0.3) is 5.91 Å². The highest BCUT2D eigenvalue weighted by molar-refractivity contribution is 5.95. The second kappa shape index (κ2) is 7.95. The lowest BCUT2D eigenvalue weighted by Gasteiger charge is -2.29. The summed E-state index contributed by atoms with van der Waals surface area (Å²) in [5.74, 6) is -0.496. The maximum atomic E-state index is 14.6. The molecular weight excluding hydrogens is 361 g/mol. The second-order valence-electron chi connectivity index (χ2n) is 7.31. The molecule has 1 saturated heterocycles. The number of nitrogens with two attached hydrogens (primary N) is 1. The van der Waals surface area contributed by atoms with Gasteiger partial charge in [0.1, 0.15) is 5.82 Å². The van der Waals surface area contributed by atoms with E-state index in [-0.39, 0.29) is 23.5 Å². The molecule has 2 fully saturated rings. The van der Waals surface area contributed by atoms with Gasteiger partial charge in [-0.05, 0) is 56.7 Å². The van der Waals surface area contributed by atoms with Gasteiger partial charge in [-0.3, -0.25) is 4.79 Å². The Morgan fingerprint density at radius 1 is 1.14 bits per heavy atom. The number of nitrogens with zero attached hydrogens (tertiary/aromatic N) is 4. The van der Waals surface area contributed by atoms with Crippen LogP contribution in [-0.2, 0) is 0 Å². The number of carbonyl (C=O) groups is 1. The van der Waals surface area contributed by atoms with Gasteiger partial charge in [-0.1, -0.05) is 0 Å². The highest BCUT2D eigenvalue weighted by Crippen LogP contribution is 2.27. The van der Waals surface area contributed by atoms with Gasteiger partial charge in [0.05, 0.1) is 5.69 Å². The molecule has 0 radical (unpaired) electrons. The molecule has 9 heteroatoms. The number of primary amides is 1. The second-order valence-corrected chi connectivity index (χ2v) is 7.31. The van der Waals surface area contributed by atoms with E-state index in [4.69, 9.17) is 5.73 Å². The first-order valence-corrected chi connectivity index (χ1v) is 9.73. The molecule has 0 spiro atoms. The van der Waals surface area contributed by atoms with Crippen molar-refractivity contribution >= 4 is 29.0 Å².